The Bertz CT molecular complexity index is 618. The molecule has 0 aliphatic carbocycles. The monoisotopic (exact) mass is 311 g/mol. The second-order valence-electron chi connectivity index (χ2n) is 6.25. The third-order valence-corrected chi connectivity index (χ3v) is 3.56. The van der Waals surface area contributed by atoms with Crippen LogP contribution in [-0.2, 0) is 11.2 Å². The summed E-state index contributed by atoms with van der Waals surface area (Å²) < 4.78 is 0. The predicted octanol–water partition coefficient (Wildman–Crippen LogP) is 4.03. The summed E-state index contributed by atoms with van der Waals surface area (Å²) >= 11 is 0. The van der Waals surface area contributed by atoms with Crippen molar-refractivity contribution in [2.75, 3.05) is 17.2 Å². The van der Waals surface area contributed by atoms with Gasteiger partial charge in [-0.25, -0.2) is 4.98 Å². The van der Waals surface area contributed by atoms with E-state index in [-0.39, 0.29) is 5.91 Å². The molecule has 0 unspecified atom stereocenters. The lowest BCUT2D eigenvalue weighted by atomic mass is 10.1. The number of carbonyl (C=O) groups is 1. The molecule has 1 aromatic heterocycles. The van der Waals surface area contributed by atoms with Crippen LogP contribution in [0.2, 0.25) is 0 Å². The van der Waals surface area contributed by atoms with Crippen molar-refractivity contribution in [3.8, 4) is 0 Å². The maximum atomic E-state index is 12.0. The molecule has 23 heavy (non-hydrogen) atoms. The number of nitrogens with one attached hydrogen (secondary N) is 2. The standard InChI is InChI=1S/C19H25N3O/c1-14(2)10-11-20-18-9-8-17(13-21-18)22-19(23)12-16-6-4-15(3)5-7-16/h4-9,13-14H,10-12H2,1-3H3,(H,20,21)(H,22,23). The van der Waals surface area contributed by atoms with E-state index >= 15 is 0 Å². The Morgan fingerprint density at radius 1 is 1.13 bits per heavy atom. The zero-order valence-corrected chi connectivity index (χ0v) is 14.1. The fourth-order valence-electron chi connectivity index (χ4n) is 2.16. The summed E-state index contributed by atoms with van der Waals surface area (Å²) in [7, 11) is 0. The number of rotatable bonds is 7. The van der Waals surface area contributed by atoms with Crippen LogP contribution in [0.4, 0.5) is 11.5 Å². The number of aromatic nitrogens is 1. The van der Waals surface area contributed by atoms with Gasteiger partial charge in [0.05, 0.1) is 18.3 Å². The minimum Gasteiger partial charge on any atom is -0.370 e. The third kappa shape index (κ3) is 6.10. The molecular formula is C19H25N3O. The third-order valence-electron chi connectivity index (χ3n) is 3.56. The van der Waals surface area contributed by atoms with E-state index < -0.39 is 0 Å². The summed E-state index contributed by atoms with van der Waals surface area (Å²) in [5, 5.41) is 6.16. The molecule has 0 atom stereocenters. The zero-order valence-electron chi connectivity index (χ0n) is 14.1. The highest BCUT2D eigenvalue weighted by Gasteiger charge is 2.05. The number of amides is 1. The van der Waals surface area contributed by atoms with Gasteiger partial charge in [0, 0.05) is 6.54 Å². The van der Waals surface area contributed by atoms with Gasteiger partial charge < -0.3 is 10.6 Å². The topological polar surface area (TPSA) is 54.0 Å². The first-order valence-corrected chi connectivity index (χ1v) is 8.08. The van der Waals surface area contributed by atoms with Crippen molar-refractivity contribution in [2.24, 2.45) is 5.92 Å². The second-order valence-corrected chi connectivity index (χ2v) is 6.25. The number of hydrogen-bond acceptors (Lipinski definition) is 3. The number of nitrogens with zero attached hydrogens (tertiary/aromatic N) is 1. The number of aryl methyl sites for hydroxylation is 1. The Balaban J connectivity index is 1.82. The maximum absolute atomic E-state index is 12.0. The molecule has 0 saturated carbocycles. The lowest BCUT2D eigenvalue weighted by Crippen LogP contribution is -2.14. The molecule has 0 spiro atoms. The molecule has 0 fully saturated rings. The van der Waals surface area contributed by atoms with Crippen molar-refractivity contribution in [3.63, 3.8) is 0 Å². The van der Waals surface area contributed by atoms with E-state index in [0.717, 1.165) is 30.0 Å². The molecule has 1 aromatic carbocycles. The van der Waals surface area contributed by atoms with Crippen molar-refractivity contribution >= 4 is 17.4 Å². The van der Waals surface area contributed by atoms with Gasteiger partial charge in [0.25, 0.3) is 0 Å². The molecule has 1 amide bonds. The van der Waals surface area contributed by atoms with Crippen LogP contribution in [0, 0.1) is 12.8 Å². The Kier molecular flexibility index (Phi) is 6.15. The molecule has 2 rings (SSSR count). The van der Waals surface area contributed by atoms with Crippen molar-refractivity contribution < 1.29 is 4.79 Å². The van der Waals surface area contributed by atoms with Crippen LogP contribution < -0.4 is 10.6 Å². The molecule has 0 saturated heterocycles. The van der Waals surface area contributed by atoms with Gasteiger partial charge in [-0.1, -0.05) is 43.7 Å². The zero-order chi connectivity index (χ0) is 16.7. The van der Waals surface area contributed by atoms with E-state index in [4.69, 9.17) is 0 Å². The largest absolute Gasteiger partial charge is 0.370 e. The van der Waals surface area contributed by atoms with E-state index in [2.05, 4.69) is 29.5 Å². The van der Waals surface area contributed by atoms with Gasteiger partial charge in [0.2, 0.25) is 5.91 Å². The molecule has 4 heteroatoms. The van der Waals surface area contributed by atoms with Gasteiger partial charge in [0.1, 0.15) is 5.82 Å². The molecule has 0 aliphatic rings. The maximum Gasteiger partial charge on any atom is 0.228 e. The minimum atomic E-state index is -0.0313. The van der Waals surface area contributed by atoms with Gasteiger partial charge in [-0.3, -0.25) is 4.79 Å². The van der Waals surface area contributed by atoms with Gasteiger partial charge in [-0.15, -0.1) is 0 Å². The number of anilines is 2. The molecule has 0 aliphatic heterocycles. The second kappa shape index (κ2) is 8.32. The molecule has 0 bridgehead atoms. The lowest BCUT2D eigenvalue weighted by molar-refractivity contribution is -0.115. The molecule has 122 valence electrons. The first kappa shape index (κ1) is 17.0. The van der Waals surface area contributed by atoms with Crippen LogP contribution in [0.25, 0.3) is 0 Å². The summed E-state index contributed by atoms with van der Waals surface area (Å²) in [5.41, 5.74) is 2.92. The SMILES string of the molecule is Cc1ccc(CC(=O)Nc2ccc(NCCC(C)C)nc2)cc1. The molecule has 1 heterocycles. The smallest absolute Gasteiger partial charge is 0.228 e. The molecule has 0 radical (unpaired) electrons. The summed E-state index contributed by atoms with van der Waals surface area (Å²) in [6.45, 7) is 7.33. The van der Waals surface area contributed by atoms with E-state index in [1.165, 1.54) is 5.56 Å². The van der Waals surface area contributed by atoms with Gasteiger partial charge in [-0.2, -0.15) is 0 Å². The van der Waals surface area contributed by atoms with Crippen molar-refractivity contribution in [1.29, 1.82) is 0 Å². The van der Waals surface area contributed by atoms with Crippen LogP contribution in [0.15, 0.2) is 42.6 Å². The Labute approximate surface area is 138 Å². The van der Waals surface area contributed by atoms with Crippen molar-refractivity contribution in [2.45, 2.75) is 33.6 Å². The van der Waals surface area contributed by atoms with Crippen LogP contribution >= 0.6 is 0 Å². The van der Waals surface area contributed by atoms with Gasteiger partial charge >= 0.3 is 0 Å². The van der Waals surface area contributed by atoms with E-state index in [1.54, 1.807) is 6.20 Å². The normalized spacial score (nSPS) is 10.6. The quantitative estimate of drug-likeness (QED) is 0.811. The Morgan fingerprint density at radius 2 is 1.87 bits per heavy atom. The Hall–Kier alpha value is -2.36. The first-order chi connectivity index (χ1) is 11.0. The summed E-state index contributed by atoms with van der Waals surface area (Å²) in [5.74, 6) is 1.47. The van der Waals surface area contributed by atoms with Crippen LogP contribution in [-0.4, -0.2) is 17.4 Å². The molecule has 2 N–H and O–H groups in total. The summed E-state index contributed by atoms with van der Waals surface area (Å²) in [6, 6.07) is 11.8. The average Bonchev–Trinajstić information content (AvgIpc) is 2.51. The average molecular weight is 311 g/mol. The highest BCUT2D eigenvalue weighted by molar-refractivity contribution is 5.92. The van der Waals surface area contributed by atoms with Crippen LogP contribution in [0.1, 0.15) is 31.4 Å². The van der Waals surface area contributed by atoms with Crippen LogP contribution in [0.5, 0.6) is 0 Å². The van der Waals surface area contributed by atoms with Crippen LogP contribution in [0.3, 0.4) is 0 Å². The fourth-order valence-corrected chi connectivity index (χ4v) is 2.16. The summed E-state index contributed by atoms with van der Waals surface area (Å²) in [4.78, 5) is 16.4. The predicted molar refractivity (Wildman–Crippen MR) is 95.7 cm³/mol. The van der Waals surface area contributed by atoms with Gasteiger partial charge in [0.15, 0.2) is 0 Å². The number of hydrogen-bond donors (Lipinski definition) is 2. The Morgan fingerprint density at radius 3 is 2.48 bits per heavy atom. The fraction of sp³-hybridized carbons (Fsp3) is 0.368. The highest BCUT2D eigenvalue weighted by atomic mass is 16.1. The lowest BCUT2D eigenvalue weighted by Gasteiger charge is -2.09. The van der Waals surface area contributed by atoms with Crippen molar-refractivity contribution in [3.05, 3.63) is 53.7 Å². The van der Waals surface area contributed by atoms with E-state index in [0.29, 0.717) is 12.3 Å². The van der Waals surface area contributed by atoms with E-state index in [1.807, 2.05) is 43.3 Å². The number of carbonyl (C=O) groups excluding carboxylic acids is 1. The number of benzene rings is 1. The first-order valence-electron chi connectivity index (χ1n) is 8.08. The molecule has 4 nitrogen and oxygen atoms in total. The molecule has 2 aromatic rings. The van der Waals surface area contributed by atoms with E-state index in [9.17, 15) is 4.79 Å². The summed E-state index contributed by atoms with van der Waals surface area (Å²) in [6.07, 6.45) is 3.16. The number of pyridine rings is 1. The highest BCUT2D eigenvalue weighted by Crippen LogP contribution is 2.11. The minimum absolute atomic E-state index is 0.0313. The van der Waals surface area contributed by atoms with Crippen molar-refractivity contribution in [1.82, 2.24) is 4.98 Å². The van der Waals surface area contributed by atoms with Gasteiger partial charge in [-0.05, 0) is 37.0 Å². The molecular weight excluding hydrogens is 286 g/mol.